The van der Waals surface area contributed by atoms with Crippen LogP contribution >= 0.6 is 0 Å². The topological polar surface area (TPSA) is 69.7 Å². The van der Waals surface area contributed by atoms with E-state index in [0.717, 1.165) is 11.0 Å². The fourth-order valence-electron chi connectivity index (χ4n) is 5.68. The number of nitrogens with one attached hydrogen (secondary N) is 1. The number of urea groups is 1. The summed E-state index contributed by atoms with van der Waals surface area (Å²) in [6, 6.07) is 1.58. The first-order valence-corrected chi connectivity index (χ1v) is 12.2. The predicted octanol–water partition coefficient (Wildman–Crippen LogP) is 6.01. The number of hydrogen-bond acceptors (Lipinski definition) is 3. The second-order valence-electron chi connectivity index (χ2n) is 10.8. The van der Waals surface area contributed by atoms with Crippen LogP contribution in [0.1, 0.15) is 60.7 Å². The maximum atomic E-state index is 13.9. The fraction of sp³-hybridized carbons (Fsp3) is 0.444. The van der Waals surface area contributed by atoms with Crippen LogP contribution in [0.4, 0.5) is 35.5 Å². The van der Waals surface area contributed by atoms with Gasteiger partial charge in [-0.25, -0.2) is 9.18 Å². The van der Waals surface area contributed by atoms with Gasteiger partial charge < -0.3 is 9.80 Å². The van der Waals surface area contributed by atoms with Gasteiger partial charge in [0.1, 0.15) is 5.82 Å². The van der Waals surface area contributed by atoms with E-state index in [0.29, 0.717) is 23.3 Å². The van der Waals surface area contributed by atoms with Crippen molar-refractivity contribution < 1.29 is 45.1 Å². The summed E-state index contributed by atoms with van der Waals surface area (Å²) in [6.45, 7) is 5.54. The number of fused-ring (bicyclic) bond motifs is 1. The molecule has 2 aromatic carbocycles. The van der Waals surface area contributed by atoms with Gasteiger partial charge in [0.15, 0.2) is 0 Å². The summed E-state index contributed by atoms with van der Waals surface area (Å²) in [6.07, 6.45) is -10.2. The molecule has 40 heavy (non-hydrogen) atoms. The molecule has 2 saturated heterocycles. The van der Waals surface area contributed by atoms with Gasteiger partial charge in [-0.1, -0.05) is 6.07 Å². The van der Waals surface area contributed by atoms with Crippen molar-refractivity contribution in [2.75, 3.05) is 13.6 Å². The third-order valence-electron chi connectivity index (χ3n) is 8.44. The molecule has 216 valence electrons. The van der Waals surface area contributed by atoms with Crippen molar-refractivity contribution in [1.29, 1.82) is 0 Å². The molecule has 6 nitrogen and oxygen atoms in total. The molecular weight excluding hydrogens is 547 g/mol. The maximum Gasteiger partial charge on any atom is 0.416 e. The second-order valence-corrected chi connectivity index (χ2v) is 10.8. The Morgan fingerprint density at radius 2 is 1.55 bits per heavy atom. The Balaban J connectivity index is 1.80. The zero-order valence-corrected chi connectivity index (χ0v) is 22.1. The highest BCUT2D eigenvalue weighted by Crippen LogP contribution is 2.60. The molecule has 2 fully saturated rings. The normalized spacial score (nSPS) is 25.6. The van der Waals surface area contributed by atoms with E-state index in [1.165, 1.54) is 44.9 Å². The van der Waals surface area contributed by atoms with E-state index >= 15 is 0 Å². The Kier molecular flexibility index (Phi) is 6.75. The summed E-state index contributed by atoms with van der Waals surface area (Å²) in [5.74, 6) is -1.87. The van der Waals surface area contributed by atoms with E-state index in [4.69, 9.17) is 0 Å². The third-order valence-corrected chi connectivity index (χ3v) is 8.44. The average molecular weight is 574 g/mol. The lowest BCUT2D eigenvalue weighted by Crippen LogP contribution is -2.46. The first-order valence-electron chi connectivity index (χ1n) is 12.2. The summed E-state index contributed by atoms with van der Waals surface area (Å²) in [5, 5.41) is 2.29. The molecule has 2 aromatic rings. The molecule has 0 unspecified atom stereocenters. The number of hydrogen-bond donors (Lipinski definition) is 1. The number of amides is 4. The SMILES string of the molecule is Cc1cc(F)ccc1[C@@H]1N(C(=O)N(C)[C@H](C)c2cc(C(F)(F)F)cc(C(F)(F)F)c2)C[C@@]2(C)C(=O)NC(=O)[C@@]12C. The molecule has 0 aliphatic carbocycles. The maximum absolute atomic E-state index is 13.9. The van der Waals surface area contributed by atoms with E-state index in [2.05, 4.69) is 5.32 Å². The number of carbonyl (C=O) groups is 3. The summed E-state index contributed by atoms with van der Waals surface area (Å²) in [7, 11) is 1.20. The Morgan fingerprint density at radius 3 is 2.05 bits per heavy atom. The molecular formula is C27H26F7N3O3. The minimum atomic E-state index is -5.08. The Labute approximate surface area is 225 Å². The predicted molar refractivity (Wildman–Crippen MR) is 128 cm³/mol. The van der Waals surface area contributed by atoms with Gasteiger partial charge in [-0.05, 0) is 74.7 Å². The molecule has 13 heteroatoms. The van der Waals surface area contributed by atoms with Crippen LogP contribution in [0, 0.1) is 23.6 Å². The van der Waals surface area contributed by atoms with Gasteiger partial charge in [-0.15, -0.1) is 0 Å². The Hall–Kier alpha value is -3.64. The summed E-state index contributed by atoms with van der Waals surface area (Å²) >= 11 is 0. The van der Waals surface area contributed by atoms with Gasteiger partial charge >= 0.3 is 18.4 Å². The molecule has 0 aromatic heterocycles. The molecule has 4 amide bonds. The number of carbonyl (C=O) groups excluding carboxylic acids is 3. The lowest BCUT2D eigenvalue weighted by molar-refractivity contribution is -0.143. The number of aryl methyl sites for hydroxylation is 1. The number of alkyl halides is 6. The van der Waals surface area contributed by atoms with Crippen LogP contribution in [0.5, 0.6) is 0 Å². The molecule has 2 heterocycles. The molecule has 0 spiro atoms. The van der Waals surface area contributed by atoms with E-state index < -0.39 is 75.6 Å². The molecule has 0 saturated carbocycles. The molecule has 2 aliphatic heterocycles. The van der Waals surface area contributed by atoms with Crippen LogP contribution in [0.2, 0.25) is 0 Å². The van der Waals surface area contributed by atoms with Crippen LogP contribution in [-0.2, 0) is 21.9 Å². The Morgan fingerprint density at radius 1 is 1.00 bits per heavy atom. The molecule has 0 bridgehead atoms. The van der Waals surface area contributed by atoms with Crippen LogP contribution in [0.3, 0.4) is 0 Å². The molecule has 4 rings (SSSR count). The summed E-state index contributed by atoms with van der Waals surface area (Å²) < 4.78 is 94.6. The largest absolute Gasteiger partial charge is 0.416 e. The van der Waals surface area contributed by atoms with Crippen molar-refractivity contribution in [3.63, 3.8) is 0 Å². The highest BCUT2D eigenvalue weighted by molar-refractivity contribution is 6.11. The van der Waals surface area contributed by atoms with Gasteiger partial charge in [0.2, 0.25) is 11.8 Å². The van der Waals surface area contributed by atoms with Crippen molar-refractivity contribution in [2.24, 2.45) is 10.8 Å². The molecule has 4 atom stereocenters. The standard InChI is InChI=1S/C27H26F7N3O3/c1-13-8-18(28)6-7-19(13)20-25(4)22(39)35-21(38)24(25,3)12-37(20)23(40)36(5)14(2)15-9-16(26(29,30)31)11-17(10-15)27(32,33)34/h6-11,14,20H,12H2,1-5H3,(H,35,38,39)/t14-,20+,24+,25-/m1/s1. The first-order chi connectivity index (χ1) is 18.2. The van der Waals surface area contributed by atoms with Gasteiger partial charge in [-0.3, -0.25) is 14.9 Å². The lowest BCUT2D eigenvalue weighted by atomic mass is 9.65. The molecule has 1 N–H and O–H groups in total. The first kappa shape index (κ1) is 29.3. The van der Waals surface area contributed by atoms with E-state index in [1.807, 2.05) is 0 Å². The molecule has 0 radical (unpaired) electrons. The number of halogens is 7. The molecule has 2 aliphatic rings. The van der Waals surface area contributed by atoms with Crippen LogP contribution < -0.4 is 5.32 Å². The van der Waals surface area contributed by atoms with Crippen LogP contribution in [0.15, 0.2) is 36.4 Å². The minimum Gasteiger partial charge on any atom is -0.321 e. The van der Waals surface area contributed by atoms with E-state index in [1.54, 1.807) is 6.92 Å². The quantitative estimate of drug-likeness (QED) is 0.361. The number of imide groups is 1. The van der Waals surface area contributed by atoms with Crippen molar-refractivity contribution in [1.82, 2.24) is 15.1 Å². The van der Waals surface area contributed by atoms with Crippen LogP contribution in [0.25, 0.3) is 0 Å². The van der Waals surface area contributed by atoms with Crippen LogP contribution in [-0.4, -0.2) is 41.2 Å². The summed E-state index contributed by atoms with van der Waals surface area (Å²) in [5.41, 5.74) is -5.65. The van der Waals surface area contributed by atoms with Gasteiger partial charge in [0, 0.05) is 13.6 Å². The number of likely N-dealkylation sites (tertiary alicyclic amines) is 1. The summed E-state index contributed by atoms with van der Waals surface area (Å²) in [4.78, 5) is 42.1. The fourth-order valence-corrected chi connectivity index (χ4v) is 5.68. The Bertz CT molecular complexity index is 1370. The lowest BCUT2D eigenvalue weighted by Gasteiger charge is -2.38. The van der Waals surface area contributed by atoms with E-state index in [9.17, 15) is 45.1 Å². The van der Waals surface area contributed by atoms with E-state index in [-0.39, 0.29) is 12.6 Å². The second kappa shape index (κ2) is 9.20. The third kappa shape index (κ3) is 4.39. The smallest absolute Gasteiger partial charge is 0.321 e. The zero-order chi connectivity index (χ0) is 30.2. The average Bonchev–Trinajstić information content (AvgIpc) is 3.19. The number of nitrogens with zero attached hydrogens (tertiary/aromatic N) is 2. The monoisotopic (exact) mass is 573 g/mol. The van der Waals surface area contributed by atoms with Crippen molar-refractivity contribution in [2.45, 2.75) is 52.1 Å². The highest BCUT2D eigenvalue weighted by Gasteiger charge is 2.71. The van der Waals surface area contributed by atoms with Crippen molar-refractivity contribution in [3.05, 3.63) is 70.0 Å². The number of rotatable bonds is 3. The zero-order valence-electron chi connectivity index (χ0n) is 22.1. The van der Waals surface area contributed by atoms with Crippen molar-refractivity contribution in [3.8, 4) is 0 Å². The van der Waals surface area contributed by atoms with Gasteiger partial charge in [0.25, 0.3) is 0 Å². The van der Waals surface area contributed by atoms with Gasteiger partial charge in [0.05, 0.1) is 34.0 Å². The van der Waals surface area contributed by atoms with Gasteiger partial charge in [-0.2, -0.15) is 26.3 Å². The number of benzene rings is 2. The minimum absolute atomic E-state index is 0.00104. The van der Waals surface area contributed by atoms with Crippen molar-refractivity contribution >= 4 is 17.8 Å². The highest BCUT2D eigenvalue weighted by atomic mass is 19.4.